The predicted octanol–water partition coefficient (Wildman–Crippen LogP) is 2.09. The molecule has 0 unspecified atom stereocenters. The van der Waals surface area contributed by atoms with Crippen molar-refractivity contribution in [1.29, 1.82) is 0 Å². The molecule has 0 spiro atoms. The van der Waals surface area contributed by atoms with E-state index in [9.17, 15) is 9.59 Å². The van der Waals surface area contributed by atoms with Gasteiger partial charge in [0.25, 0.3) is 5.91 Å². The number of benzene rings is 1. The molecule has 1 saturated heterocycles. The third-order valence-corrected chi connectivity index (χ3v) is 4.24. The van der Waals surface area contributed by atoms with Crippen molar-refractivity contribution in [2.45, 2.75) is 13.5 Å². The topological polar surface area (TPSA) is 63.0 Å². The molecule has 0 radical (unpaired) electrons. The maximum absolute atomic E-state index is 12.2. The summed E-state index contributed by atoms with van der Waals surface area (Å²) in [5, 5.41) is 0. The fourth-order valence-electron chi connectivity index (χ4n) is 2.83. The van der Waals surface area contributed by atoms with Crippen LogP contribution in [-0.2, 0) is 16.1 Å². The Bertz CT molecular complexity index is 718. The van der Waals surface area contributed by atoms with Crippen molar-refractivity contribution >= 4 is 11.9 Å². The molecule has 2 aromatic rings. The highest BCUT2D eigenvalue weighted by Crippen LogP contribution is 2.10. The lowest BCUT2D eigenvalue weighted by Gasteiger charge is -2.34. The van der Waals surface area contributed by atoms with Crippen molar-refractivity contribution in [3.63, 3.8) is 0 Å². The Balaban J connectivity index is 1.41. The minimum absolute atomic E-state index is 0.123. The molecule has 25 heavy (non-hydrogen) atoms. The fourth-order valence-corrected chi connectivity index (χ4v) is 2.83. The van der Waals surface area contributed by atoms with E-state index in [0.717, 1.165) is 19.6 Å². The summed E-state index contributed by atoms with van der Waals surface area (Å²) in [6.45, 7) is 5.29. The lowest BCUT2D eigenvalue weighted by molar-refractivity contribution is -0.136. The van der Waals surface area contributed by atoms with E-state index in [1.165, 1.54) is 5.56 Å². The van der Waals surface area contributed by atoms with Crippen LogP contribution in [0.4, 0.5) is 0 Å². The molecule has 6 nitrogen and oxygen atoms in total. The number of amides is 1. The second-order valence-corrected chi connectivity index (χ2v) is 6.13. The van der Waals surface area contributed by atoms with Gasteiger partial charge in [0.1, 0.15) is 5.76 Å². The van der Waals surface area contributed by atoms with E-state index in [1.54, 1.807) is 24.0 Å². The normalized spacial score (nSPS) is 15.2. The third-order valence-electron chi connectivity index (χ3n) is 4.24. The number of furan rings is 1. The number of hydrogen-bond donors (Lipinski definition) is 0. The molecule has 1 fully saturated rings. The zero-order valence-electron chi connectivity index (χ0n) is 14.3. The summed E-state index contributed by atoms with van der Waals surface area (Å²) in [5.41, 5.74) is 1.27. The number of esters is 1. The number of aryl methyl sites for hydroxylation is 1. The Morgan fingerprint density at radius 3 is 2.40 bits per heavy atom. The van der Waals surface area contributed by atoms with E-state index in [-0.39, 0.29) is 18.3 Å². The average molecular weight is 342 g/mol. The van der Waals surface area contributed by atoms with Crippen molar-refractivity contribution < 1.29 is 18.7 Å². The second kappa shape index (κ2) is 7.98. The van der Waals surface area contributed by atoms with Crippen LogP contribution < -0.4 is 0 Å². The zero-order valence-corrected chi connectivity index (χ0v) is 14.3. The lowest BCUT2D eigenvalue weighted by atomic mass is 10.2. The first kappa shape index (κ1) is 17.2. The molecule has 1 aromatic heterocycles. The molecule has 0 N–H and O–H groups in total. The number of nitrogens with zero attached hydrogens (tertiary/aromatic N) is 2. The van der Waals surface area contributed by atoms with Gasteiger partial charge in [-0.05, 0) is 24.6 Å². The lowest BCUT2D eigenvalue weighted by Crippen LogP contribution is -2.49. The summed E-state index contributed by atoms with van der Waals surface area (Å²) in [6, 6.07) is 13.5. The van der Waals surface area contributed by atoms with Crippen LogP contribution in [0.2, 0.25) is 0 Å². The molecular weight excluding hydrogens is 320 g/mol. The third kappa shape index (κ3) is 4.70. The van der Waals surface area contributed by atoms with Gasteiger partial charge in [0.15, 0.2) is 6.61 Å². The molecule has 1 aromatic carbocycles. The number of carbonyl (C=O) groups excluding carboxylic acids is 2. The molecule has 1 aliphatic heterocycles. The minimum atomic E-state index is -0.607. The molecule has 0 atom stereocenters. The van der Waals surface area contributed by atoms with Crippen LogP contribution in [0.25, 0.3) is 0 Å². The van der Waals surface area contributed by atoms with E-state index < -0.39 is 5.97 Å². The van der Waals surface area contributed by atoms with E-state index >= 15 is 0 Å². The van der Waals surface area contributed by atoms with Crippen LogP contribution in [0.5, 0.6) is 0 Å². The summed E-state index contributed by atoms with van der Waals surface area (Å²) in [7, 11) is 0. The van der Waals surface area contributed by atoms with Crippen LogP contribution >= 0.6 is 0 Å². The molecule has 2 heterocycles. The molecule has 6 heteroatoms. The highest BCUT2D eigenvalue weighted by molar-refractivity contribution is 5.88. The van der Waals surface area contributed by atoms with Gasteiger partial charge in [0.2, 0.25) is 5.76 Å². The Kier molecular flexibility index (Phi) is 5.50. The van der Waals surface area contributed by atoms with Gasteiger partial charge in [-0.2, -0.15) is 0 Å². The smallest absolute Gasteiger partial charge is 0.374 e. The quantitative estimate of drug-likeness (QED) is 0.779. The Morgan fingerprint density at radius 2 is 1.76 bits per heavy atom. The number of ether oxygens (including phenoxy) is 1. The fraction of sp³-hybridized carbons (Fsp3) is 0.368. The first-order valence-electron chi connectivity index (χ1n) is 8.39. The van der Waals surface area contributed by atoms with Crippen molar-refractivity contribution in [1.82, 2.24) is 9.80 Å². The van der Waals surface area contributed by atoms with Gasteiger partial charge in [-0.15, -0.1) is 0 Å². The summed E-state index contributed by atoms with van der Waals surface area (Å²) in [6.07, 6.45) is 0. The molecule has 3 rings (SSSR count). The Morgan fingerprint density at radius 1 is 1.04 bits per heavy atom. The number of piperazine rings is 1. The standard InChI is InChI=1S/C19H22N2O4/c1-15-7-8-17(25-15)19(23)24-14-18(22)21-11-9-20(10-12-21)13-16-5-3-2-4-6-16/h2-8H,9-14H2,1H3. The van der Waals surface area contributed by atoms with Crippen LogP contribution in [0.3, 0.4) is 0 Å². The van der Waals surface area contributed by atoms with Crippen LogP contribution in [0.15, 0.2) is 46.9 Å². The molecule has 132 valence electrons. The SMILES string of the molecule is Cc1ccc(C(=O)OCC(=O)N2CCN(Cc3ccccc3)CC2)o1. The van der Waals surface area contributed by atoms with Gasteiger partial charge in [0, 0.05) is 32.7 Å². The zero-order chi connectivity index (χ0) is 17.6. The number of rotatable bonds is 5. The minimum Gasteiger partial charge on any atom is -0.454 e. The van der Waals surface area contributed by atoms with E-state index in [0.29, 0.717) is 18.8 Å². The van der Waals surface area contributed by atoms with Crippen LogP contribution in [0, 0.1) is 6.92 Å². The average Bonchev–Trinajstić information content (AvgIpc) is 3.07. The van der Waals surface area contributed by atoms with Crippen LogP contribution in [0.1, 0.15) is 21.9 Å². The molecule has 0 bridgehead atoms. The van der Waals surface area contributed by atoms with Crippen molar-refractivity contribution in [3.05, 3.63) is 59.5 Å². The Hall–Kier alpha value is -2.60. The summed E-state index contributed by atoms with van der Waals surface area (Å²) >= 11 is 0. The molecule has 1 aliphatic rings. The number of carbonyl (C=O) groups is 2. The first-order chi connectivity index (χ1) is 12.1. The van der Waals surface area contributed by atoms with E-state index in [4.69, 9.17) is 9.15 Å². The molecule has 0 aliphatic carbocycles. The first-order valence-corrected chi connectivity index (χ1v) is 8.39. The maximum Gasteiger partial charge on any atom is 0.374 e. The molecular formula is C19H22N2O4. The van der Waals surface area contributed by atoms with E-state index in [2.05, 4.69) is 17.0 Å². The van der Waals surface area contributed by atoms with E-state index in [1.807, 2.05) is 18.2 Å². The van der Waals surface area contributed by atoms with Gasteiger partial charge < -0.3 is 14.1 Å². The van der Waals surface area contributed by atoms with Gasteiger partial charge in [0.05, 0.1) is 0 Å². The van der Waals surface area contributed by atoms with Gasteiger partial charge in [-0.25, -0.2) is 4.79 Å². The largest absolute Gasteiger partial charge is 0.454 e. The van der Waals surface area contributed by atoms with Gasteiger partial charge >= 0.3 is 5.97 Å². The maximum atomic E-state index is 12.2. The summed E-state index contributed by atoms with van der Waals surface area (Å²) in [4.78, 5) is 28.1. The van der Waals surface area contributed by atoms with Crippen molar-refractivity contribution in [3.8, 4) is 0 Å². The summed E-state index contributed by atoms with van der Waals surface area (Å²) < 4.78 is 10.2. The van der Waals surface area contributed by atoms with Crippen LogP contribution in [-0.4, -0.2) is 54.5 Å². The van der Waals surface area contributed by atoms with Crippen molar-refractivity contribution in [2.75, 3.05) is 32.8 Å². The van der Waals surface area contributed by atoms with Crippen molar-refractivity contribution in [2.24, 2.45) is 0 Å². The monoisotopic (exact) mass is 342 g/mol. The Labute approximate surface area is 147 Å². The highest BCUT2D eigenvalue weighted by Gasteiger charge is 2.22. The number of hydrogen-bond acceptors (Lipinski definition) is 5. The highest BCUT2D eigenvalue weighted by atomic mass is 16.5. The van der Waals surface area contributed by atoms with Gasteiger partial charge in [-0.1, -0.05) is 30.3 Å². The van der Waals surface area contributed by atoms with Gasteiger partial charge in [-0.3, -0.25) is 9.69 Å². The summed E-state index contributed by atoms with van der Waals surface area (Å²) in [5.74, 6) is -0.0223. The molecule has 0 saturated carbocycles. The second-order valence-electron chi connectivity index (χ2n) is 6.13. The molecule has 1 amide bonds. The predicted molar refractivity (Wildman–Crippen MR) is 92.0 cm³/mol.